The molecule has 1 N–H and O–H groups in total. The van der Waals surface area contributed by atoms with Gasteiger partial charge in [0.2, 0.25) is 5.91 Å². The van der Waals surface area contributed by atoms with Crippen molar-refractivity contribution < 1.29 is 14.7 Å². The average Bonchev–Trinajstić information content (AvgIpc) is 2.66. The molecule has 1 aliphatic rings. The largest absolute Gasteiger partial charge is 0.481 e. The summed E-state index contributed by atoms with van der Waals surface area (Å²) in [4.78, 5) is 24.4. The lowest BCUT2D eigenvalue weighted by molar-refractivity contribution is -0.142. The Bertz CT molecular complexity index is 466. The molecule has 0 aliphatic carbocycles. The van der Waals surface area contributed by atoms with Crippen molar-refractivity contribution in [2.45, 2.75) is 25.8 Å². The third-order valence-electron chi connectivity index (χ3n) is 3.63. The third-order valence-corrected chi connectivity index (χ3v) is 3.63. The number of rotatable bonds is 3. The van der Waals surface area contributed by atoms with Gasteiger partial charge in [-0.1, -0.05) is 31.2 Å². The lowest BCUT2D eigenvalue weighted by atomic mass is 9.93. The molecule has 4 heteroatoms. The van der Waals surface area contributed by atoms with Crippen LogP contribution in [-0.2, 0) is 16.0 Å². The molecule has 0 unspecified atom stereocenters. The number of benzene rings is 1. The molecule has 0 spiro atoms. The van der Waals surface area contributed by atoms with Crippen molar-refractivity contribution in [1.82, 2.24) is 4.90 Å². The Balaban J connectivity index is 2.33. The quantitative estimate of drug-likeness (QED) is 0.886. The molecule has 1 saturated heterocycles. The van der Waals surface area contributed by atoms with Gasteiger partial charge in [-0.05, 0) is 17.5 Å². The summed E-state index contributed by atoms with van der Waals surface area (Å²) in [5.41, 5.74) is 2.10. The first-order chi connectivity index (χ1) is 8.54. The minimum Gasteiger partial charge on any atom is -0.481 e. The highest BCUT2D eigenvalue weighted by atomic mass is 16.4. The van der Waals surface area contributed by atoms with Crippen LogP contribution in [0.3, 0.4) is 0 Å². The highest BCUT2D eigenvalue weighted by molar-refractivity contribution is 5.87. The third kappa shape index (κ3) is 2.10. The molecule has 0 bridgehead atoms. The lowest BCUT2D eigenvalue weighted by Gasteiger charge is -2.23. The number of carbonyl (C=O) groups is 2. The molecule has 0 saturated carbocycles. The van der Waals surface area contributed by atoms with Gasteiger partial charge in [-0.3, -0.25) is 9.59 Å². The summed E-state index contributed by atoms with van der Waals surface area (Å²) in [6.07, 6.45) is 1.04. The molecule has 1 aliphatic heterocycles. The predicted octanol–water partition coefficient (Wildman–Crippen LogP) is 1.85. The molecule has 0 aromatic heterocycles. The van der Waals surface area contributed by atoms with E-state index in [-0.39, 0.29) is 18.4 Å². The van der Waals surface area contributed by atoms with Crippen LogP contribution in [0, 0.1) is 5.92 Å². The molecular formula is C14H17NO3. The fourth-order valence-corrected chi connectivity index (χ4v) is 2.50. The minimum absolute atomic E-state index is 0.0893. The van der Waals surface area contributed by atoms with E-state index in [1.54, 1.807) is 11.9 Å². The highest BCUT2D eigenvalue weighted by Crippen LogP contribution is 2.37. The maximum absolute atomic E-state index is 11.7. The van der Waals surface area contributed by atoms with E-state index in [4.69, 9.17) is 0 Å². The number of amides is 1. The number of hydrogen-bond donors (Lipinski definition) is 1. The number of carboxylic acid groups (broad SMARTS) is 1. The lowest BCUT2D eigenvalue weighted by Crippen LogP contribution is -2.26. The summed E-state index contributed by atoms with van der Waals surface area (Å²) >= 11 is 0. The normalized spacial score (nSPS) is 23.4. The van der Waals surface area contributed by atoms with E-state index in [0.717, 1.165) is 12.0 Å². The Kier molecular flexibility index (Phi) is 3.36. The van der Waals surface area contributed by atoms with Gasteiger partial charge in [0.05, 0.1) is 12.0 Å². The number of aliphatic carboxylic acids is 1. The van der Waals surface area contributed by atoms with Gasteiger partial charge in [0.15, 0.2) is 0 Å². The summed E-state index contributed by atoms with van der Waals surface area (Å²) < 4.78 is 0. The van der Waals surface area contributed by atoms with Crippen LogP contribution in [-0.4, -0.2) is 28.9 Å². The van der Waals surface area contributed by atoms with E-state index in [1.807, 2.05) is 24.3 Å². The van der Waals surface area contributed by atoms with E-state index in [0.29, 0.717) is 0 Å². The van der Waals surface area contributed by atoms with Crippen molar-refractivity contribution in [3.8, 4) is 0 Å². The number of likely N-dealkylation sites (tertiary alicyclic amines) is 1. The Labute approximate surface area is 106 Å². The van der Waals surface area contributed by atoms with Crippen LogP contribution < -0.4 is 0 Å². The number of hydrogen-bond acceptors (Lipinski definition) is 2. The standard InChI is InChI=1S/C14H17NO3/c1-3-9-4-6-10(7-5-9)13-11(14(17)18)8-12(16)15(13)2/h4-7,11,13H,3,8H2,1-2H3,(H,17,18)/t11-,13+/m0/s1. The topological polar surface area (TPSA) is 57.6 Å². The van der Waals surface area contributed by atoms with Crippen LogP contribution in [0.2, 0.25) is 0 Å². The molecule has 2 rings (SSSR count). The van der Waals surface area contributed by atoms with Crippen molar-refractivity contribution in [3.63, 3.8) is 0 Å². The zero-order valence-corrected chi connectivity index (χ0v) is 10.6. The number of carbonyl (C=O) groups excluding carboxylic acids is 1. The van der Waals surface area contributed by atoms with Gasteiger partial charge >= 0.3 is 5.97 Å². The summed E-state index contributed by atoms with van der Waals surface area (Å²) in [5, 5.41) is 9.20. The van der Waals surface area contributed by atoms with Gasteiger partial charge in [0, 0.05) is 13.5 Å². The number of nitrogens with zero attached hydrogens (tertiary/aromatic N) is 1. The van der Waals surface area contributed by atoms with Crippen LogP contribution >= 0.6 is 0 Å². The predicted molar refractivity (Wildman–Crippen MR) is 67.1 cm³/mol. The van der Waals surface area contributed by atoms with Crippen LogP contribution in [0.5, 0.6) is 0 Å². The summed E-state index contributed by atoms with van der Waals surface area (Å²) in [7, 11) is 1.67. The van der Waals surface area contributed by atoms with Gasteiger partial charge in [0.25, 0.3) is 0 Å². The van der Waals surface area contributed by atoms with Crippen molar-refractivity contribution in [2.75, 3.05) is 7.05 Å². The zero-order valence-electron chi connectivity index (χ0n) is 10.6. The molecule has 4 nitrogen and oxygen atoms in total. The molecule has 96 valence electrons. The SMILES string of the molecule is CCc1ccc([C@@H]2[C@@H](C(=O)O)CC(=O)N2C)cc1. The number of carboxylic acids is 1. The second kappa shape index (κ2) is 4.80. The molecule has 1 aromatic rings. The molecular weight excluding hydrogens is 230 g/mol. The van der Waals surface area contributed by atoms with Crippen LogP contribution in [0.4, 0.5) is 0 Å². The van der Waals surface area contributed by atoms with Gasteiger partial charge in [-0.25, -0.2) is 0 Å². The Morgan fingerprint density at radius 2 is 2.00 bits per heavy atom. The molecule has 2 atom stereocenters. The van der Waals surface area contributed by atoms with Crippen molar-refractivity contribution in [1.29, 1.82) is 0 Å². The van der Waals surface area contributed by atoms with E-state index in [1.165, 1.54) is 5.56 Å². The van der Waals surface area contributed by atoms with Crippen LogP contribution in [0.15, 0.2) is 24.3 Å². The molecule has 1 amide bonds. The first-order valence-electron chi connectivity index (χ1n) is 6.12. The second-order valence-corrected chi connectivity index (χ2v) is 4.69. The van der Waals surface area contributed by atoms with E-state index in [2.05, 4.69) is 6.92 Å². The van der Waals surface area contributed by atoms with E-state index < -0.39 is 11.9 Å². The Morgan fingerprint density at radius 3 is 2.50 bits per heavy atom. The number of aryl methyl sites for hydroxylation is 1. The Hall–Kier alpha value is -1.84. The minimum atomic E-state index is -0.905. The van der Waals surface area contributed by atoms with Crippen LogP contribution in [0.1, 0.15) is 30.5 Å². The van der Waals surface area contributed by atoms with Gasteiger partial charge in [0.1, 0.15) is 0 Å². The monoisotopic (exact) mass is 247 g/mol. The molecule has 18 heavy (non-hydrogen) atoms. The fourth-order valence-electron chi connectivity index (χ4n) is 2.50. The highest BCUT2D eigenvalue weighted by Gasteiger charge is 2.42. The van der Waals surface area contributed by atoms with Gasteiger partial charge < -0.3 is 10.0 Å². The first kappa shape index (κ1) is 12.6. The van der Waals surface area contributed by atoms with E-state index >= 15 is 0 Å². The maximum atomic E-state index is 11.7. The maximum Gasteiger partial charge on any atom is 0.309 e. The first-order valence-corrected chi connectivity index (χ1v) is 6.12. The van der Waals surface area contributed by atoms with Gasteiger partial charge in [-0.2, -0.15) is 0 Å². The summed E-state index contributed by atoms with van der Waals surface area (Å²) in [6.45, 7) is 2.07. The van der Waals surface area contributed by atoms with Gasteiger partial charge in [-0.15, -0.1) is 0 Å². The summed E-state index contributed by atoms with van der Waals surface area (Å²) in [6, 6.07) is 7.49. The molecule has 1 heterocycles. The van der Waals surface area contributed by atoms with Crippen molar-refractivity contribution >= 4 is 11.9 Å². The van der Waals surface area contributed by atoms with Crippen LogP contribution in [0.25, 0.3) is 0 Å². The Morgan fingerprint density at radius 1 is 1.39 bits per heavy atom. The van der Waals surface area contributed by atoms with E-state index in [9.17, 15) is 14.7 Å². The molecule has 1 aromatic carbocycles. The molecule has 0 radical (unpaired) electrons. The zero-order chi connectivity index (χ0) is 13.3. The van der Waals surface area contributed by atoms with Crippen molar-refractivity contribution in [2.24, 2.45) is 5.92 Å². The second-order valence-electron chi connectivity index (χ2n) is 4.69. The summed E-state index contributed by atoms with van der Waals surface area (Å²) in [5.74, 6) is -1.65. The average molecular weight is 247 g/mol. The van der Waals surface area contributed by atoms with Crippen molar-refractivity contribution in [3.05, 3.63) is 35.4 Å². The molecule has 1 fully saturated rings. The fraction of sp³-hybridized carbons (Fsp3) is 0.429. The smallest absolute Gasteiger partial charge is 0.309 e.